The van der Waals surface area contributed by atoms with Gasteiger partial charge in [0.2, 0.25) is 5.91 Å². The zero-order chi connectivity index (χ0) is 29.7. The lowest BCUT2D eigenvalue weighted by Crippen LogP contribution is -2.29. The molecular weight excluding hydrogens is 569 g/mol. The minimum atomic E-state index is -0.389. The van der Waals surface area contributed by atoms with Crippen LogP contribution < -0.4 is 21.1 Å². The van der Waals surface area contributed by atoms with Crippen LogP contribution in [0.2, 0.25) is 0 Å². The van der Waals surface area contributed by atoms with Gasteiger partial charge in [-0.25, -0.2) is 0 Å². The zero-order valence-corrected chi connectivity index (χ0v) is 24.9. The van der Waals surface area contributed by atoms with Gasteiger partial charge in [-0.1, -0.05) is 39.7 Å². The van der Waals surface area contributed by atoms with Gasteiger partial charge in [0, 0.05) is 24.7 Å². The third-order valence-corrected chi connectivity index (χ3v) is 7.36. The molecule has 0 saturated carbocycles. The van der Waals surface area contributed by atoms with E-state index in [2.05, 4.69) is 29.0 Å². The van der Waals surface area contributed by atoms with Gasteiger partial charge >= 0.3 is 0 Å². The summed E-state index contributed by atoms with van der Waals surface area (Å²) in [4.78, 5) is 24.1. The largest absolute Gasteiger partial charge is 0.490 e. The molecule has 14 heteroatoms. The van der Waals surface area contributed by atoms with Crippen molar-refractivity contribution in [2.24, 2.45) is 5.73 Å². The summed E-state index contributed by atoms with van der Waals surface area (Å²) in [7, 11) is 4.74. The van der Waals surface area contributed by atoms with E-state index < -0.39 is 0 Å². The molecular formula is C27H39BN3O8S2. The summed E-state index contributed by atoms with van der Waals surface area (Å²) < 4.78 is 28.4. The Balaban J connectivity index is 1.59. The van der Waals surface area contributed by atoms with Gasteiger partial charge in [0.05, 0.1) is 39.1 Å². The van der Waals surface area contributed by atoms with Crippen molar-refractivity contribution in [1.29, 1.82) is 0 Å². The second kappa shape index (κ2) is 21.5. The molecule has 2 rings (SSSR count). The smallest absolute Gasteiger partial charge is 0.251 e. The molecule has 11 nitrogen and oxygen atoms in total. The van der Waals surface area contributed by atoms with E-state index in [1.54, 1.807) is 48.4 Å². The van der Waals surface area contributed by atoms with Gasteiger partial charge in [-0.2, -0.15) is 5.82 Å². The molecule has 1 heterocycles. The van der Waals surface area contributed by atoms with Crippen LogP contribution in [-0.4, -0.2) is 113 Å². The average Bonchev–Trinajstić information content (AvgIpc) is 3.39. The van der Waals surface area contributed by atoms with Crippen LogP contribution in [0.4, 0.5) is 0 Å². The number of ether oxygens (including phenoxy) is 5. The molecule has 5 N–H and O–H groups in total. The summed E-state index contributed by atoms with van der Waals surface area (Å²) in [5, 5.41) is 14.8. The fourth-order valence-electron chi connectivity index (χ4n) is 3.57. The maximum atomic E-state index is 12.1. The second-order valence-electron chi connectivity index (χ2n) is 8.56. The molecule has 1 aromatic carbocycles. The number of nitrogens with one attached hydrogen (secondary N) is 2. The summed E-state index contributed by atoms with van der Waals surface area (Å²) >= 11 is 0. The van der Waals surface area contributed by atoms with E-state index in [0.717, 1.165) is 0 Å². The van der Waals surface area contributed by atoms with E-state index >= 15 is 0 Å². The Bertz CT molecular complexity index is 997. The standard InChI is InChI=1S/C27H39BN3O8S2/c1-3-12-36-22-16-24(39-23(22)17-32)28-8-5-10-30-25(33)18-35-13-14-37-26(41-40-2)19-38-21-7-4-6-20(15-21)27(34)31-11-9-29/h3-4,6-7,15,22-24,26,32H,1,9-14,16-19,29H2,2H3,(H,30,33)(H,31,34)/t22-,23?,24-,26?/m1/s1. The van der Waals surface area contributed by atoms with Gasteiger partial charge in [0.15, 0.2) is 0 Å². The van der Waals surface area contributed by atoms with Crippen molar-refractivity contribution in [2.75, 3.05) is 65.5 Å². The third kappa shape index (κ3) is 14.5. The molecule has 1 aliphatic rings. The van der Waals surface area contributed by atoms with E-state index in [4.69, 9.17) is 29.4 Å². The Hall–Kier alpha value is -2.22. The number of hydrogen-bond acceptors (Lipinski definition) is 11. The van der Waals surface area contributed by atoms with Crippen molar-refractivity contribution in [3.8, 4) is 17.5 Å². The van der Waals surface area contributed by atoms with Crippen molar-refractivity contribution < 1.29 is 38.4 Å². The van der Waals surface area contributed by atoms with E-state index in [9.17, 15) is 14.7 Å². The number of aliphatic hydroxyl groups is 1. The van der Waals surface area contributed by atoms with Gasteiger partial charge in [-0.05, 0) is 30.9 Å². The highest BCUT2D eigenvalue weighted by molar-refractivity contribution is 8.76. The Kier molecular flexibility index (Phi) is 18.3. The van der Waals surface area contributed by atoms with Gasteiger partial charge in [0.1, 0.15) is 30.5 Å². The molecule has 1 aromatic rings. The van der Waals surface area contributed by atoms with E-state index in [1.165, 1.54) is 10.8 Å². The third-order valence-electron chi connectivity index (χ3n) is 5.46. The second-order valence-corrected chi connectivity index (χ2v) is 11.2. The van der Waals surface area contributed by atoms with Crippen LogP contribution in [0.3, 0.4) is 0 Å². The summed E-state index contributed by atoms with van der Waals surface area (Å²) in [6.07, 6.45) is 3.59. The summed E-state index contributed by atoms with van der Waals surface area (Å²) in [5.74, 6) is 5.78. The Morgan fingerprint density at radius 2 is 2.22 bits per heavy atom. The molecule has 0 aliphatic carbocycles. The first-order valence-electron chi connectivity index (χ1n) is 13.2. The first kappa shape index (κ1) is 35.0. The quantitative estimate of drug-likeness (QED) is 0.0411. The van der Waals surface area contributed by atoms with Gasteiger partial charge in [-0.15, -0.1) is 6.58 Å². The Morgan fingerprint density at radius 3 is 2.98 bits per heavy atom. The molecule has 0 spiro atoms. The molecule has 1 aliphatic heterocycles. The van der Waals surface area contributed by atoms with Crippen LogP contribution in [0.5, 0.6) is 5.75 Å². The number of nitrogens with two attached hydrogens (primary N) is 1. The van der Waals surface area contributed by atoms with Gasteiger partial charge in [0.25, 0.3) is 13.2 Å². The van der Waals surface area contributed by atoms with E-state index in [1.807, 2.05) is 6.26 Å². The van der Waals surface area contributed by atoms with Crippen LogP contribution in [0.1, 0.15) is 16.8 Å². The molecule has 0 bridgehead atoms. The average molecular weight is 609 g/mol. The van der Waals surface area contributed by atoms with E-state index in [-0.39, 0.29) is 75.0 Å². The lowest BCUT2D eigenvalue weighted by Gasteiger charge is -2.17. The van der Waals surface area contributed by atoms with Gasteiger partial charge < -0.3 is 45.2 Å². The van der Waals surface area contributed by atoms with Crippen molar-refractivity contribution in [1.82, 2.24) is 10.6 Å². The first-order chi connectivity index (χ1) is 20.0. The number of rotatable bonds is 20. The normalized spacial score (nSPS) is 18.6. The SMILES string of the molecule is C=CCO[C@@H]1C[C@H]([B]C#CCNC(=O)COCCOC(COc2cccc(C(=O)NCCN)c2)SSC)OC1CO. The number of aliphatic hydroxyl groups excluding tert-OH is 1. The molecule has 1 fully saturated rings. The molecule has 1 radical (unpaired) electrons. The first-order valence-corrected chi connectivity index (χ1v) is 15.8. The van der Waals surface area contributed by atoms with Crippen LogP contribution in [0.25, 0.3) is 0 Å². The molecule has 0 aromatic heterocycles. The highest BCUT2D eigenvalue weighted by Gasteiger charge is 2.35. The van der Waals surface area contributed by atoms with Crippen molar-refractivity contribution in [3.05, 3.63) is 42.5 Å². The Labute approximate surface area is 250 Å². The highest BCUT2D eigenvalue weighted by Crippen LogP contribution is 2.26. The maximum absolute atomic E-state index is 12.1. The lowest BCUT2D eigenvalue weighted by atomic mass is 9.71. The minimum Gasteiger partial charge on any atom is -0.490 e. The number of amides is 2. The highest BCUT2D eigenvalue weighted by atomic mass is 33.1. The molecule has 1 saturated heterocycles. The van der Waals surface area contributed by atoms with Crippen LogP contribution >= 0.6 is 21.6 Å². The predicted octanol–water partition coefficient (Wildman–Crippen LogP) is 0.584. The maximum Gasteiger partial charge on any atom is 0.251 e. The number of hydrogen-bond donors (Lipinski definition) is 4. The lowest BCUT2D eigenvalue weighted by molar-refractivity contribution is -0.126. The molecule has 41 heavy (non-hydrogen) atoms. The monoisotopic (exact) mass is 608 g/mol. The molecule has 225 valence electrons. The van der Waals surface area contributed by atoms with Crippen molar-refractivity contribution in [3.63, 3.8) is 0 Å². The molecule has 2 amide bonds. The van der Waals surface area contributed by atoms with Crippen LogP contribution in [0.15, 0.2) is 36.9 Å². The van der Waals surface area contributed by atoms with Gasteiger partial charge in [-0.3, -0.25) is 9.59 Å². The van der Waals surface area contributed by atoms with Crippen LogP contribution in [0, 0.1) is 11.7 Å². The zero-order valence-electron chi connectivity index (χ0n) is 23.3. The predicted molar refractivity (Wildman–Crippen MR) is 162 cm³/mol. The molecule has 2 unspecified atom stereocenters. The van der Waals surface area contributed by atoms with Crippen molar-refractivity contribution >= 4 is 40.7 Å². The summed E-state index contributed by atoms with van der Waals surface area (Å²) in [5.41, 5.74) is 5.64. The fraction of sp³-hybridized carbons (Fsp3) is 0.556. The number of carbonyl (C=O) groups is 2. The van der Waals surface area contributed by atoms with Crippen molar-refractivity contribution in [2.45, 2.75) is 30.1 Å². The minimum absolute atomic E-state index is 0.114. The fourth-order valence-corrected chi connectivity index (χ4v) is 5.04. The topological polar surface area (TPSA) is 151 Å². The van der Waals surface area contributed by atoms with Crippen LogP contribution in [-0.2, 0) is 23.7 Å². The number of benzene rings is 1. The number of carbonyl (C=O) groups excluding carboxylic acids is 2. The van der Waals surface area contributed by atoms with E-state index in [0.29, 0.717) is 37.4 Å². The Morgan fingerprint density at radius 1 is 1.37 bits per heavy atom. The molecule has 4 atom stereocenters. The summed E-state index contributed by atoms with van der Waals surface area (Å²) in [6, 6.07) is 6.65. The summed E-state index contributed by atoms with van der Waals surface area (Å²) in [6.45, 7) is 5.48.